The summed E-state index contributed by atoms with van der Waals surface area (Å²) < 4.78 is 0. The van der Waals surface area contributed by atoms with Gasteiger partial charge in [0.1, 0.15) is 0 Å². The zero-order valence-corrected chi connectivity index (χ0v) is 12.7. The Labute approximate surface area is 113 Å². The number of piperidine rings is 1. The van der Waals surface area contributed by atoms with E-state index < -0.39 is 0 Å². The second-order valence-electron chi connectivity index (χ2n) is 7.20. The maximum atomic E-state index is 6.13. The molecule has 0 saturated carbocycles. The Bertz CT molecular complexity index is 275. The number of rotatable bonds is 3. The van der Waals surface area contributed by atoms with Crippen LogP contribution >= 0.6 is 0 Å². The molecule has 2 fully saturated rings. The van der Waals surface area contributed by atoms with Gasteiger partial charge in [0.25, 0.3) is 0 Å². The van der Waals surface area contributed by atoms with Crippen LogP contribution in [0.2, 0.25) is 0 Å². The number of nitrogens with zero attached hydrogens (tertiary/aromatic N) is 2. The van der Waals surface area contributed by atoms with Crippen LogP contribution in [0.4, 0.5) is 0 Å². The summed E-state index contributed by atoms with van der Waals surface area (Å²) in [5, 5.41) is 0. The molecule has 2 aliphatic rings. The van der Waals surface area contributed by atoms with Crippen LogP contribution < -0.4 is 5.73 Å². The second-order valence-corrected chi connectivity index (χ2v) is 7.20. The molecule has 18 heavy (non-hydrogen) atoms. The van der Waals surface area contributed by atoms with E-state index in [0.29, 0.717) is 6.04 Å². The first-order valence-electron chi connectivity index (χ1n) is 7.64. The number of hydrogen-bond donors (Lipinski definition) is 1. The summed E-state index contributed by atoms with van der Waals surface area (Å²) in [4.78, 5) is 5.39. The largest absolute Gasteiger partial charge is 0.327 e. The normalized spacial score (nSPS) is 33.2. The first-order valence-corrected chi connectivity index (χ1v) is 7.64. The molecule has 2 aliphatic heterocycles. The second kappa shape index (κ2) is 5.48. The van der Waals surface area contributed by atoms with Crippen LogP contribution in [0, 0.1) is 5.41 Å². The molecule has 0 amide bonds. The number of fused-ring (bicyclic) bond motifs is 1. The molecule has 3 atom stereocenters. The lowest BCUT2D eigenvalue weighted by molar-refractivity contribution is -0.00480. The molecule has 0 aromatic rings. The van der Waals surface area contributed by atoms with Gasteiger partial charge in [0.2, 0.25) is 0 Å². The average molecular weight is 253 g/mol. The van der Waals surface area contributed by atoms with Gasteiger partial charge in [-0.3, -0.25) is 9.80 Å². The molecular weight excluding hydrogens is 222 g/mol. The van der Waals surface area contributed by atoms with E-state index in [4.69, 9.17) is 5.73 Å². The van der Waals surface area contributed by atoms with E-state index in [-0.39, 0.29) is 11.5 Å². The third-order valence-electron chi connectivity index (χ3n) is 5.16. The highest BCUT2D eigenvalue weighted by atomic mass is 15.3. The SMILES string of the molecule is CC1CN2CCCCC2CN1CC(C)(C)C(C)N. The van der Waals surface area contributed by atoms with Gasteiger partial charge in [-0.25, -0.2) is 0 Å². The molecule has 0 aliphatic carbocycles. The van der Waals surface area contributed by atoms with Crippen LogP contribution in [0.5, 0.6) is 0 Å². The summed E-state index contributed by atoms with van der Waals surface area (Å²) in [7, 11) is 0. The highest BCUT2D eigenvalue weighted by Gasteiger charge is 2.36. The molecule has 0 aromatic heterocycles. The molecule has 3 nitrogen and oxygen atoms in total. The minimum absolute atomic E-state index is 0.213. The van der Waals surface area contributed by atoms with Gasteiger partial charge in [0.15, 0.2) is 0 Å². The molecule has 0 radical (unpaired) electrons. The van der Waals surface area contributed by atoms with Crippen molar-refractivity contribution in [3.8, 4) is 0 Å². The quantitative estimate of drug-likeness (QED) is 0.834. The Morgan fingerprint density at radius 2 is 2.00 bits per heavy atom. The van der Waals surface area contributed by atoms with Crippen LogP contribution in [0.3, 0.4) is 0 Å². The predicted molar refractivity (Wildman–Crippen MR) is 77.7 cm³/mol. The molecule has 2 heterocycles. The lowest BCUT2D eigenvalue weighted by Gasteiger charge is -2.49. The molecule has 0 aromatic carbocycles. The fourth-order valence-electron chi connectivity index (χ4n) is 3.30. The van der Waals surface area contributed by atoms with Crippen molar-refractivity contribution in [2.45, 2.75) is 65.1 Å². The van der Waals surface area contributed by atoms with Crippen molar-refractivity contribution in [2.75, 3.05) is 26.2 Å². The summed E-state index contributed by atoms with van der Waals surface area (Å²) in [6, 6.07) is 1.74. The summed E-state index contributed by atoms with van der Waals surface area (Å²) in [5.41, 5.74) is 6.34. The van der Waals surface area contributed by atoms with E-state index in [1.165, 1.54) is 38.9 Å². The zero-order valence-electron chi connectivity index (χ0n) is 12.7. The van der Waals surface area contributed by atoms with Gasteiger partial charge in [0.05, 0.1) is 0 Å². The van der Waals surface area contributed by atoms with Crippen LogP contribution in [0.15, 0.2) is 0 Å². The van der Waals surface area contributed by atoms with E-state index in [0.717, 1.165) is 12.6 Å². The van der Waals surface area contributed by atoms with Gasteiger partial charge in [-0.1, -0.05) is 20.3 Å². The Hall–Kier alpha value is -0.120. The van der Waals surface area contributed by atoms with E-state index in [9.17, 15) is 0 Å². The highest BCUT2D eigenvalue weighted by molar-refractivity contribution is 4.92. The predicted octanol–water partition coefficient (Wildman–Crippen LogP) is 1.92. The number of piperazine rings is 1. The van der Waals surface area contributed by atoms with Crippen molar-refractivity contribution in [2.24, 2.45) is 11.1 Å². The summed E-state index contributed by atoms with van der Waals surface area (Å²) in [6.07, 6.45) is 4.20. The lowest BCUT2D eigenvalue weighted by Crippen LogP contribution is -2.61. The average Bonchev–Trinajstić information content (AvgIpc) is 2.29. The number of nitrogens with two attached hydrogens (primary N) is 1. The molecule has 0 spiro atoms. The first-order chi connectivity index (χ1) is 8.40. The Balaban J connectivity index is 1.97. The van der Waals surface area contributed by atoms with Gasteiger partial charge in [-0.2, -0.15) is 0 Å². The fraction of sp³-hybridized carbons (Fsp3) is 1.00. The van der Waals surface area contributed by atoms with Crippen LogP contribution in [0.25, 0.3) is 0 Å². The summed E-state index contributed by atoms with van der Waals surface area (Å²) in [5.74, 6) is 0. The van der Waals surface area contributed by atoms with Crippen LogP contribution in [-0.2, 0) is 0 Å². The molecule has 2 N–H and O–H groups in total. The van der Waals surface area contributed by atoms with Crippen molar-refractivity contribution < 1.29 is 0 Å². The summed E-state index contributed by atoms with van der Waals surface area (Å²) >= 11 is 0. The minimum Gasteiger partial charge on any atom is -0.327 e. The molecule has 0 bridgehead atoms. The van der Waals surface area contributed by atoms with Crippen LogP contribution in [0.1, 0.15) is 47.0 Å². The van der Waals surface area contributed by atoms with Crippen molar-refractivity contribution >= 4 is 0 Å². The Kier molecular flexibility index (Phi) is 4.35. The van der Waals surface area contributed by atoms with Crippen molar-refractivity contribution in [3.63, 3.8) is 0 Å². The summed E-state index contributed by atoms with van der Waals surface area (Å²) in [6.45, 7) is 14.1. The van der Waals surface area contributed by atoms with Crippen molar-refractivity contribution in [1.82, 2.24) is 9.80 Å². The van der Waals surface area contributed by atoms with Gasteiger partial charge in [-0.05, 0) is 38.6 Å². The smallest absolute Gasteiger partial charge is 0.0223 e. The van der Waals surface area contributed by atoms with Crippen molar-refractivity contribution in [1.29, 1.82) is 0 Å². The van der Waals surface area contributed by atoms with E-state index >= 15 is 0 Å². The molecule has 2 rings (SSSR count). The molecule has 2 saturated heterocycles. The maximum Gasteiger partial charge on any atom is 0.0223 e. The van der Waals surface area contributed by atoms with E-state index in [1.54, 1.807) is 0 Å². The molecular formula is C15H31N3. The molecule has 106 valence electrons. The maximum absolute atomic E-state index is 6.13. The topological polar surface area (TPSA) is 32.5 Å². The number of hydrogen-bond acceptors (Lipinski definition) is 3. The standard InChI is InChI=1S/C15H31N3/c1-12-9-17-8-6-5-7-14(17)10-18(12)11-15(3,4)13(2)16/h12-14H,5-11,16H2,1-4H3. The van der Waals surface area contributed by atoms with Gasteiger partial charge >= 0.3 is 0 Å². The molecule has 3 unspecified atom stereocenters. The van der Waals surface area contributed by atoms with Gasteiger partial charge in [0, 0.05) is 37.8 Å². The minimum atomic E-state index is 0.213. The van der Waals surface area contributed by atoms with Crippen molar-refractivity contribution in [3.05, 3.63) is 0 Å². The lowest BCUT2D eigenvalue weighted by atomic mass is 9.84. The Morgan fingerprint density at radius 3 is 2.67 bits per heavy atom. The first kappa shape index (κ1) is 14.3. The third-order valence-corrected chi connectivity index (χ3v) is 5.16. The monoisotopic (exact) mass is 253 g/mol. The Morgan fingerprint density at radius 1 is 1.28 bits per heavy atom. The molecule has 3 heteroatoms. The third kappa shape index (κ3) is 3.06. The zero-order chi connectivity index (χ0) is 13.3. The highest BCUT2D eigenvalue weighted by Crippen LogP contribution is 2.28. The van der Waals surface area contributed by atoms with Gasteiger partial charge in [-0.15, -0.1) is 0 Å². The van der Waals surface area contributed by atoms with E-state index in [1.807, 2.05) is 0 Å². The van der Waals surface area contributed by atoms with Gasteiger partial charge < -0.3 is 5.73 Å². The van der Waals surface area contributed by atoms with E-state index in [2.05, 4.69) is 37.5 Å². The van der Waals surface area contributed by atoms with Crippen LogP contribution in [-0.4, -0.2) is 54.1 Å². The fourth-order valence-corrected chi connectivity index (χ4v) is 3.30.